The van der Waals surface area contributed by atoms with Crippen molar-refractivity contribution >= 4 is 39.8 Å². The first kappa shape index (κ1) is 19.2. The maximum absolute atomic E-state index is 12.0. The highest BCUT2D eigenvalue weighted by Gasteiger charge is 2.20. The molecule has 0 unspecified atom stereocenters. The van der Waals surface area contributed by atoms with Gasteiger partial charge in [0.25, 0.3) is 0 Å². The van der Waals surface area contributed by atoms with Crippen LogP contribution in [0.2, 0.25) is 5.02 Å². The van der Waals surface area contributed by atoms with E-state index < -0.39 is 9.84 Å². The lowest BCUT2D eigenvalue weighted by Gasteiger charge is -2.07. The minimum atomic E-state index is -3.39. The fraction of sp³-hybridized carbons (Fsp3) is 0.500. The number of hydrogen-bond donors (Lipinski definition) is 2. The van der Waals surface area contributed by atoms with E-state index in [0.29, 0.717) is 10.9 Å². The highest BCUT2D eigenvalue weighted by molar-refractivity contribution is 7.91. The zero-order valence-electron chi connectivity index (χ0n) is 12.0. The number of carbonyl (C=O) groups excluding carboxylic acids is 1. The number of amides is 1. The van der Waals surface area contributed by atoms with Crippen LogP contribution in [0.4, 0.5) is 0 Å². The molecular formula is C14H20Cl2N2O3S. The highest BCUT2D eigenvalue weighted by atomic mass is 35.5. The van der Waals surface area contributed by atoms with Crippen molar-refractivity contribution < 1.29 is 13.2 Å². The lowest BCUT2D eigenvalue weighted by molar-refractivity contribution is -0.120. The smallest absolute Gasteiger partial charge is 0.233 e. The Morgan fingerprint density at radius 1 is 1.23 bits per heavy atom. The van der Waals surface area contributed by atoms with Crippen molar-refractivity contribution in [2.75, 3.05) is 25.4 Å². The van der Waals surface area contributed by atoms with Gasteiger partial charge in [-0.25, -0.2) is 8.42 Å². The topological polar surface area (TPSA) is 75.3 Å². The van der Waals surface area contributed by atoms with Gasteiger partial charge < -0.3 is 10.6 Å². The minimum Gasteiger partial charge on any atom is -0.354 e. The molecule has 1 aliphatic carbocycles. The molecule has 124 valence electrons. The number of benzene rings is 1. The molecule has 1 aromatic carbocycles. The van der Waals surface area contributed by atoms with Crippen LogP contribution in [0.15, 0.2) is 29.2 Å². The Kier molecular flexibility index (Phi) is 7.62. The summed E-state index contributed by atoms with van der Waals surface area (Å²) in [5, 5.41) is 6.15. The van der Waals surface area contributed by atoms with Gasteiger partial charge in [0.15, 0.2) is 9.84 Å². The Morgan fingerprint density at radius 2 is 1.86 bits per heavy atom. The number of rotatable bonds is 8. The van der Waals surface area contributed by atoms with Gasteiger partial charge in [0.1, 0.15) is 0 Å². The molecule has 2 rings (SSSR count). The zero-order valence-corrected chi connectivity index (χ0v) is 14.4. The highest BCUT2D eigenvalue weighted by Crippen LogP contribution is 2.27. The molecule has 0 aromatic heterocycles. The molecule has 1 amide bonds. The molecule has 0 bridgehead atoms. The first-order valence-electron chi connectivity index (χ1n) is 6.93. The third kappa shape index (κ3) is 6.52. The molecule has 5 nitrogen and oxygen atoms in total. The first-order chi connectivity index (χ1) is 9.97. The molecule has 0 spiro atoms. The second-order valence-corrected chi connectivity index (χ2v) is 7.74. The predicted octanol–water partition coefficient (Wildman–Crippen LogP) is 1.65. The molecule has 1 saturated carbocycles. The Balaban J connectivity index is 0.00000242. The third-order valence-electron chi connectivity index (χ3n) is 3.28. The van der Waals surface area contributed by atoms with Crippen molar-refractivity contribution in [3.63, 3.8) is 0 Å². The normalized spacial score (nSPS) is 14.2. The summed E-state index contributed by atoms with van der Waals surface area (Å²) in [5.41, 5.74) is 0. The van der Waals surface area contributed by atoms with Gasteiger partial charge in [-0.2, -0.15) is 0 Å². The SMILES string of the molecule is Cl.O=C(CNCC1CC1)NCCS(=O)(=O)c1ccc(Cl)cc1. The summed E-state index contributed by atoms with van der Waals surface area (Å²) in [6, 6.07) is 6.01. The van der Waals surface area contributed by atoms with E-state index in [-0.39, 0.29) is 42.1 Å². The third-order valence-corrected chi connectivity index (χ3v) is 5.27. The first-order valence-corrected chi connectivity index (χ1v) is 8.96. The van der Waals surface area contributed by atoms with Crippen LogP contribution in [-0.4, -0.2) is 39.7 Å². The van der Waals surface area contributed by atoms with Crippen LogP contribution in [0.25, 0.3) is 0 Å². The van der Waals surface area contributed by atoms with Gasteiger partial charge in [-0.3, -0.25) is 4.79 Å². The Labute approximate surface area is 142 Å². The van der Waals surface area contributed by atoms with Gasteiger partial charge in [0.05, 0.1) is 17.2 Å². The van der Waals surface area contributed by atoms with Crippen molar-refractivity contribution in [2.45, 2.75) is 17.7 Å². The summed E-state index contributed by atoms with van der Waals surface area (Å²) >= 11 is 5.72. The monoisotopic (exact) mass is 366 g/mol. The molecule has 0 radical (unpaired) electrons. The van der Waals surface area contributed by atoms with Gasteiger partial charge in [0.2, 0.25) is 5.91 Å². The number of hydrogen-bond acceptors (Lipinski definition) is 4. The molecule has 2 N–H and O–H groups in total. The number of nitrogens with one attached hydrogen (secondary N) is 2. The van der Waals surface area contributed by atoms with Crippen LogP contribution in [0, 0.1) is 5.92 Å². The molecule has 0 aliphatic heterocycles. The average molecular weight is 367 g/mol. The van der Waals surface area contributed by atoms with E-state index in [2.05, 4.69) is 10.6 Å². The largest absolute Gasteiger partial charge is 0.354 e. The van der Waals surface area contributed by atoms with E-state index in [4.69, 9.17) is 11.6 Å². The van der Waals surface area contributed by atoms with Crippen LogP contribution in [0.1, 0.15) is 12.8 Å². The standard InChI is InChI=1S/C14H19ClN2O3S.ClH/c15-12-3-5-13(6-4-12)21(19,20)8-7-17-14(18)10-16-9-11-1-2-11;/h3-6,11,16H,1-2,7-10H2,(H,17,18);1H. The van der Waals surface area contributed by atoms with Gasteiger partial charge in [0, 0.05) is 11.6 Å². The summed E-state index contributed by atoms with van der Waals surface area (Å²) < 4.78 is 24.1. The van der Waals surface area contributed by atoms with E-state index in [0.717, 1.165) is 6.54 Å². The van der Waals surface area contributed by atoms with Crippen LogP contribution >= 0.6 is 24.0 Å². The summed E-state index contributed by atoms with van der Waals surface area (Å²) in [6.45, 7) is 1.20. The second-order valence-electron chi connectivity index (χ2n) is 5.20. The van der Waals surface area contributed by atoms with Crippen LogP contribution in [-0.2, 0) is 14.6 Å². The Bertz CT molecular complexity index is 587. The molecule has 8 heteroatoms. The lowest BCUT2D eigenvalue weighted by atomic mass is 10.4. The predicted molar refractivity (Wildman–Crippen MR) is 89.4 cm³/mol. The molecule has 0 heterocycles. The van der Waals surface area contributed by atoms with E-state index in [1.165, 1.54) is 37.1 Å². The fourth-order valence-corrected chi connectivity index (χ4v) is 3.14. The van der Waals surface area contributed by atoms with Gasteiger partial charge in [-0.1, -0.05) is 11.6 Å². The number of carbonyl (C=O) groups is 1. The Morgan fingerprint density at radius 3 is 2.45 bits per heavy atom. The molecule has 1 aliphatic rings. The summed E-state index contributed by atoms with van der Waals surface area (Å²) in [7, 11) is -3.39. The quantitative estimate of drug-likeness (QED) is 0.733. The number of sulfone groups is 1. The van der Waals surface area contributed by atoms with E-state index in [1.54, 1.807) is 0 Å². The van der Waals surface area contributed by atoms with Crippen LogP contribution < -0.4 is 10.6 Å². The van der Waals surface area contributed by atoms with Crippen molar-refractivity contribution in [1.82, 2.24) is 10.6 Å². The molecule has 0 saturated heterocycles. The maximum Gasteiger partial charge on any atom is 0.233 e. The summed E-state index contributed by atoms with van der Waals surface area (Å²) in [5.74, 6) is 0.410. The molecule has 22 heavy (non-hydrogen) atoms. The van der Waals surface area contributed by atoms with E-state index in [1.807, 2.05) is 0 Å². The Hall–Kier alpha value is -0.820. The number of halogens is 2. The summed E-state index contributed by atoms with van der Waals surface area (Å²) in [6.07, 6.45) is 2.46. The lowest BCUT2D eigenvalue weighted by Crippen LogP contribution is -2.37. The molecule has 0 atom stereocenters. The van der Waals surface area contributed by atoms with E-state index >= 15 is 0 Å². The van der Waals surface area contributed by atoms with Crippen molar-refractivity contribution in [2.24, 2.45) is 5.92 Å². The zero-order chi connectivity index (χ0) is 15.3. The second kappa shape index (κ2) is 8.72. The average Bonchev–Trinajstić information content (AvgIpc) is 3.23. The van der Waals surface area contributed by atoms with Crippen LogP contribution in [0.3, 0.4) is 0 Å². The maximum atomic E-state index is 12.0. The fourth-order valence-electron chi connectivity index (χ4n) is 1.86. The minimum absolute atomic E-state index is 0. The van der Waals surface area contributed by atoms with Gasteiger partial charge in [-0.05, 0) is 49.6 Å². The van der Waals surface area contributed by atoms with Crippen molar-refractivity contribution in [3.05, 3.63) is 29.3 Å². The van der Waals surface area contributed by atoms with E-state index in [9.17, 15) is 13.2 Å². The molecule has 1 fully saturated rings. The molecular weight excluding hydrogens is 347 g/mol. The molecule has 1 aromatic rings. The van der Waals surface area contributed by atoms with Crippen LogP contribution in [0.5, 0.6) is 0 Å². The van der Waals surface area contributed by atoms with Gasteiger partial charge in [-0.15, -0.1) is 12.4 Å². The summed E-state index contributed by atoms with van der Waals surface area (Å²) in [4.78, 5) is 11.7. The van der Waals surface area contributed by atoms with Crippen molar-refractivity contribution in [1.29, 1.82) is 0 Å². The van der Waals surface area contributed by atoms with Crippen molar-refractivity contribution in [3.8, 4) is 0 Å². The van der Waals surface area contributed by atoms with Gasteiger partial charge >= 0.3 is 0 Å².